The van der Waals surface area contributed by atoms with Crippen molar-refractivity contribution in [3.8, 4) is 0 Å². The predicted octanol–water partition coefficient (Wildman–Crippen LogP) is 4.25. The maximum Gasteiger partial charge on any atom is 0.164 e. The number of unbranched alkanes of at least 4 members (excludes halogenated alkanes) is 6. The van der Waals surface area contributed by atoms with E-state index in [-0.39, 0.29) is 5.78 Å². The first-order chi connectivity index (χ1) is 8.10. The smallest absolute Gasteiger partial charge is 0.164 e. The van der Waals surface area contributed by atoms with Gasteiger partial charge in [-0.2, -0.15) is 0 Å². The topological polar surface area (TPSA) is 37.3 Å². The van der Waals surface area contributed by atoms with Crippen LogP contribution in [0.1, 0.15) is 85.0 Å². The van der Waals surface area contributed by atoms with Gasteiger partial charge in [-0.15, -0.1) is 0 Å². The Morgan fingerprint density at radius 1 is 0.882 bits per heavy atom. The van der Waals surface area contributed by atoms with E-state index >= 15 is 0 Å². The van der Waals surface area contributed by atoms with Gasteiger partial charge in [-0.25, -0.2) is 0 Å². The highest BCUT2D eigenvalue weighted by molar-refractivity contribution is 5.86. The van der Waals surface area contributed by atoms with Gasteiger partial charge in [0, 0.05) is 6.42 Å². The van der Waals surface area contributed by atoms with E-state index in [2.05, 4.69) is 6.92 Å². The first-order valence-electron chi connectivity index (χ1n) is 7.36. The molecule has 0 bridgehead atoms. The van der Waals surface area contributed by atoms with E-state index in [1.165, 1.54) is 32.1 Å². The van der Waals surface area contributed by atoms with Crippen molar-refractivity contribution in [2.75, 3.05) is 0 Å². The zero-order valence-corrected chi connectivity index (χ0v) is 11.9. The summed E-state index contributed by atoms with van der Waals surface area (Å²) in [4.78, 5) is 11.8. The van der Waals surface area contributed by atoms with Gasteiger partial charge in [0.05, 0.1) is 0 Å². The normalized spacial score (nSPS) is 11.8. The van der Waals surface area contributed by atoms with Crippen molar-refractivity contribution in [1.82, 2.24) is 0 Å². The number of carbonyl (C=O) groups excluding carboxylic acids is 1. The SMILES string of the molecule is CCCCCCCCCC(=O)C(O)(CC)CC. The summed E-state index contributed by atoms with van der Waals surface area (Å²) in [6, 6.07) is 0. The minimum atomic E-state index is -1.05. The number of hydrogen-bond donors (Lipinski definition) is 1. The molecule has 0 rings (SSSR count). The van der Waals surface area contributed by atoms with Gasteiger partial charge in [-0.1, -0.05) is 59.3 Å². The molecule has 0 unspecified atom stereocenters. The Kier molecular flexibility index (Phi) is 9.43. The summed E-state index contributed by atoms with van der Waals surface area (Å²) in [7, 11) is 0. The minimum Gasteiger partial charge on any atom is -0.382 e. The van der Waals surface area contributed by atoms with Crippen LogP contribution in [0.3, 0.4) is 0 Å². The number of aliphatic hydroxyl groups is 1. The summed E-state index contributed by atoms with van der Waals surface area (Å²) in [6.45, 7) is 5.98. The number of rotatable bonds is 11. The average molecular weight is 242 g/mol. The fourth-order valence-corrected chi connectivity index (χ4v) is 2.12. The van der Waals surface area contributed by atoms with Gasteiger partial charge in [-0.3, -0.25) is 4.79 Å². The highest BCUT2D eigenvalue weighted by Gasteiger charge is 2.30. The van der Waals surface area contributed by atoms with Crippen LogP contribution >= 0.6 is 0 Å². The van der Waals surface area contributed by atoms with E-state index in [1.54, 1.807) is 0 Å². The van der Waals surface area contributed by atoms with Gasteiger partial charge in [0.15, 0.2) is 5.78 Å². The van der Waals surface area contributed by atoms with Gasteiger partial charge in [0.2, 0.25) is 0 Å². The van der Waals surface area contributed by atoms with Crippen LogP contribution in [-0.4, -0.2) is 16.5 Å². The molecule has 1 N–H and O–H groups in total. The van der Waals surface area contributed by atoms with E-state index in [9.17, 15) is 9.90 Å². The van der Waals surface area contributed by atoms with Crippen molar-refractivity contribution in [1.29, 1.82) is 0 Å². The monoisotopic (exact) mass is 242 g/mol. The van der Waals surface area contributed by atoms with Crippen molar-refractivity contribution in [2.45, 2.75) is 90.6 Å². The van der Waals surface area contributed by atoms with Crippen LogP contribution < -0.4 is 0 Å². The highest BCUT2D eigenvalue weighted by atomic mass is 16.3. The molecule has 0 atom stereocenters. The predicted molar refractivity (Wildman–Crippen MR) is 73.1 cm³/mol. The van der Waals surface area contributed by atoms with Crippen molar-refractivity contribution >= 4 is 5.78 Å². The molecule has 0 amide bonds. The van der Waals surface area contributed by atoms with E-state index in [1.807, 2.05) is 13.8 Å². The molecule has 0 aliphatic rings. The van der Waals surface area contributed by atoms with Gasteiger partial charge in [0.25, 0.3) is 0 Å². The third-order valence-corrected chi connectivity index (χ3v) is 3.70. The van der Waals surface area contributed by atoms with Crippen molar-refractivity contribution in [3.63, 3.8) is 0 Å². The lowest BCUT2D eigenvalue weighted by atomic mass is 9.89. The highest BCUT2D eigenvalue weighted by Crippen LogP contribution is 2.19. The van der Waals surface area contributed by atoms with Crippen molar-refractivity contribution in [3.05, 3.63) is 0 Å². The second kappa shape index (κ2) is 9.64. The molecule has 0 radical (unpaired) electrons. The minimum absolute atomic E-state index is 0.0380. The third-order valence-electron chi connectivity index (χ3n) is 3.70. The Hall–Kier alpha value is -0.370. The van der Waals surface area contributed by atoms with Crippen LogP contribution in [0, 0.1) is 0 Å². The van der Waals surface area contributed by atoms with Gasteiger partial charge < -0.3 is 5.11 Å². The molecule has 0 saturated carbocycles. The maximum atomic E-state index is 11.8. The Morgan fingerprint density at radius 2 is 1.35 bits per heavy atom. The fraction of sp³-hybridized carbons (Fsp3) is 0.933. The van der Waals surface area contributed by atoms with Crippen LogP contribution in [0.4, 0.5) is 0 Å². The second-order valence-corrected chi connectivity index (χ2v) is 5.03. The van der Waals surface area contributed by atoms with E-state index in [0.29, 0.717) is 19.3 Å². The Labute approximate surface area is 107 Å². The molecule has 0 aromatic heterocycles. The number of Topliss-reactive ketones (excluding diaryl/α,β-unsaturated/α-hetero) is 1. The summed E-state index contributed by atoms with van der Waals surface area (Å²) in [5, 5.41) is 10.0. The Bertz CT molecular complexity index is 195. The first-order valence-corrected chi connectivity index (χ1v) is 7.36. The van der Waals surface area contributed by atoms with Crippen LogP contribution in [0.5, 0.6) is 0 Å². The lowest BCUT2D eigenvalue weighted by molar-refractivity contribution is -0.138. The molecular weight excluding hydrogens is 212 g/mol. The van der Waals surface area contributed by atoms with Crippen LogP contribution in [-0.2, 0) is 4.79 Å². The third kappa shape index (κ3) is 6.82. The summed E-state index contributed by atoms with van der Waals surface area (Å²) in [5.74, 6) is 0.0380. The lowest BCUT2D eigenvalue weighted by Gasteiger charge is -2.23. The maximum absolute atomic E-state index is 11.8. The van der Waals surface area contributed by atoms with Crippen LogP contribution in [0.15, 0.2) is 0 Å². The van der Waals surface area contributed by atoms with Crippen molar-refractivity contribution < 1.29 is 9.90 Å². The molecule has 17 heavy (non-hydrogen) atoms. The zero-order valence-electron chi connectivity index (χ0n) is 11.9. The Morgan fingerprint density at radius 3 is 1.82 bits per heavy atom. The number of ketones is 1. The number of carbonyl (C=O) groups is 1. The molecule has 0 aromatic rings. The quantitative estimate of drug-likeness (QED) is 0.550. The lowest BCUT2D eigenvalue weighted by Crippen LogP contribution is -2.36. The number of hydrogen-bond acceptors (Lipinski definition) is 2. The Balaban J connectivity index is 3.57. The second-order valence-electron chi connectivity index (χ2n) is 5.03. The molecule has 0 aliphatic carbocycles. The molecule has 2 heteroatoms. The van der Waals surface area contributed by atoms with E-state index in [0.717, 1.165) is 12.8 Å². The first kappa shape index (κ1) is 16.6. The standard InChI is InChI=1S/C15H30O2/c1-4-7-8-9-10-11-12-13-14(16)15(17,5-2)6-3/h17H,4-13H2,1-3H3. The molecule has 0 fully saturated rings. The summed E-state index contributed by atoms with van der Waals surface area (Å²) in [6.07, 6.45) is 10.1. The zero-order chi connectivity index (χ0) is 13.1. The van der Waals surface area contributed by atoms with Crippen LogP contribution in [0.2, 0.25) is 0 Å². The summed E-state index contributed by atoms with van der Waals surface area (Å²) in [5.41, 5.74) is -1.05. The van der Waals surface area contributed by atoms with E-state index < -0.39 is 5.60 Å². The molecule has 0 aromatic carbocycles. The molecule has 102 valence electrons. The van der Waals surface area contributed by atoms with E-state index in [4.69, 9.17) is 0 Å². The summed E-state index contributed by atoms with van der Waals surface area (Å²) < 4.78 is 0. The van der Waals surface area contributed by atoms with Gasteiger partial charge >= 0.3 is 0 Å². The van der Waals surface area contributed by atoms with Gasteiger partial charge in [-0.05, 0) is 19.3 Å². The van der Waals surface area contributed by atoms with Gasteiger partial charge in [0.1, 0.15) is 5.60 Å². The average Bonchev–Trinajstić information content (AvgIpc) is 2.36. The van der Waals surface area contributed by atoms with Crippen molar-refractivity contribution in [2.24, 2.45) is 0 Å². The molecule has 0 aliphatic heterocycles. The summed E-state index contributed by atoms with van der Waals surface area (Å²) >= 11 is 0. The fourth-order valence-electron chi connectivity index (χ4n) is 2.12. The molecule has 0 saturated heterocycles. The molecule has 0 heterocycles. The van der Waals surface area contributed by atoms with Crippen LogP contribution in [0.25, 0.3) is 0 Å². The molecular formula is C15H30O2. The largest absolute Gasteiger partial charge is 0.382 e. The molecule has 0 spiro atoms. The molecule has 2 nitrogen and oxygen atoms in total.